The summed E-state index contributed by atoms with van der Waals surface area (Å²) in [4.78, 5) is 0. The second-order valence-electron chi connectivity index (χ2n) is 1.76. The second kappa shape index (κ2) is 18.4. The van der Waals surface area contributed by atoms with Gasteiger partial charge in [0.15, 0.2) is 0 Å². The number of hydrogen-bond acceptors (Lipinski definition) is 3. The van der Waals surface area contributed by atoms with Crippen LogP contribution in [0.2, 0.25) is 0 Å². The third-order valence-corrected chi connectivity index (χ3v) is 0.985. The Labute approximate surface area is 158 Å². The van der Waals surface area contributed by atoms with Gasteiger partial charge >= 0.3 is 102 Å². The Kier molecular flexibility index (Phi) is 37.0. The van der Waals surface area contributed by atoms with E-state index in [0.29, 0.717) is 5.75 Å². The molecule has 0 unspecified atom stereocenters. The minimum atomic E-state index is -1.73. The topological polar surface area (TPSA) is 49.7 Å². The van der Waals surface area contributed by atoms with Crippen LogP contribution in [0.15, 0.2) is 30.3 Å². The van der Waals surface area contributed by atoms with Crippen LogP contribution in [0.4, 0.5) is 0 Å². The van der Waals surface area contributed by atoms with Crippen molar-refractivity contribution in [3.05, 3.63) is 30.3 Å². The summed E-state index contributed by atoms with van der Waals surface area (Å²) in [6, 6.07) is 8.59. The number of para-hydroxylation sites is 1. The third-order valence-electron chi connectivity index (χ3n) is 0.985. The molecule has 0 amide bonds. The van der Waals surface area contributed by atoms with Gasteiger partial charge in [0, 0.05) is 0 Å². The van der Waals surface area contributed by atoms with E-state index in [9.17, 15) is 0 Å². The SMILES string of the molecule is OB(O)Oc1ccccc1.[H-].[H-].[H-].[H-].[H-].[Li+].[Li+].[Li+].[Li+].[Li+]. The van der Waals surface area contributed by atoms with E-state index < -0.39 is 7.32 Å². The van der Waals surface area contributed by atoms with Crippen molar-refractivity contribution in [3.8, 4) is 5.75 Å². The van der Waals surface area contributed by atoms with E-state index >= 15 is 0 Å². The van der Waals surface area contributed by atoms with E-state index in [4.69, 9.17) is 10.0 Å². The maximum Gasteiger partial charge on any atom is 1.00 e. The van der Waals surface area contributed by atoms with E-state index in [2.05, 4.69) is 4.65 Å². The summed E-state index contributed by atoms with van der Waals surface area (Å²) < 4.78 is 4.53. The number of benzene rings is 1. The predicted molar refractivity (Wildman–Crippen MR) is 42.8 cm³/mol. The molecule has 0 bridgehead atoms. The summed E-state index contributed by atoms with van der Waals surface area (Å²) in [5.41, 5.74) is 0. The number of rotatable bonds is 2. The smallest absolute Gasteiger partial charge is 1.00 e. The first-order chi connectivity index (χ1) is 4.79. The van der Waals surface area contributed by atoms with Crippen LogP contribution in [-0.4, -0.2) is 17.4 Å². The van der Waals surface area contributed by atoms with Crippen LogP contribution in [0.1, 0.15) is 7.13 Å². The fourth-order valence-electron chi connectivity index (χ4n) is 0.621. The van der Waals surface area contributed by atoms with Crippen LogP contribution in [-0.2, 0) is 0 Å². The molecule has 0 spiro atoms. The molecule has 0 aliphatic carbocycles. The van der Waals surface area contributed by atoms with Crippen LogP contribution >= 0.6 is 0 Å². The molecule has 0 aromatic heterocycles. The van der Waals surface area contributed by atoms with Gasteiger partial charge in [-0.3, -0.25) is 0 Å². The first-order valence-corrected chi connectivity index (χ1v) is 2.87. The minimum Gasteiger partial charge on any atom is -1.00 e. The molecule has 62 valence electrons. The van der Waals surface area contributed by atoms with Crippen LogP contribution in [0.25, 0.3) is 0 Å². The molecule has 2 N–H and O–H groups in total. The zero-order chi connectivity index (χ0) is 7.40. The molecule has 1 aromatic carbocycles. The number of hydrogen-bond donors (Lipinski definition) is 2. The van der Waals surface area contributed by atoms with Gasteiger partial charge in [-0.25, -0.2) is 0 Å². The monoisotopic (exact) mass is 178 g/mol. The summed E-state index contributed by atoms with van der Waals surface area (Å²) >= 11 is 0. The molecular formula is C6H12BLi5O3. The summed E-state index contributed by atoms with van der Waals surface area (Å²) in [6.07, 6.45) is 0. The van der Waals surface area contributed by atoms with Gasteiger partial charge in [0.05, 0.1) is 0 Å². The Morgan fingerprint density at radius 1 is 0.867 bits per heavy atom. The molecule has 0 fully saturated rings. The van der Waals surface area contributed by atoms with Crippen LogP contribution < -0.4 is 99.0 Å². The van der Waals surface area contributed by atoms with E-state index in [0.717, 1.165) is 0 Å². The molecular weight excluding hydrogens is 166 g/mol. The summed E-state index contributed by atoms with van der Waals surface area (Å²) in [6.45, 7) is 0. The summed E-state index contributed by atoms with van der Waals surface area (Å²) in [5, 5.41) is 16.7. The van der Waals surface area contributed by atoms with Gasteiger partial charge in [0.1, 0.15) is 5.75 Å². The van der Waals surface area contributed by atoms with E-state index in [1.807, 2.05) is 6.07 Å². The molecule has 0 aliphatic heterocycles. The summed E-state index contributed by atoms with van der Waals surface area (Å²) in [7, 11) is -1.73. The summed E-state index contributed by atoms with van der Waals surface area (Å²) in [5.74, 6) is 0.442. The average molecular weight is 178 g/mol. The largest absolute Gasteiger partial charge is 1.00 e. The first kappa shape index (κ1) is 30.2. The van der Waals surface area contributed by atoms with Crippen molar-refractivity contribution in [2.24, 2.45) is 0 Å². The Morgan fingerprint density at radius 2 is 1.27 bits per heavy atom. The second-order valence-corrected chi connectivity index (χ2v) is 1.76. The van der Waals surface area contributed by atoms with Gasteiger partial charge in [-0.05, 0) is 12.1 Å². The normalized spacial score (nSPS) is 6.00. The quantitative estimate of drug-likeness (QED) is 0.442. The Hall–Kier alpha value is 1.99. The van der Waals surface area contributed by atoms with Crippen molar-refractivity contribution in [3.63, 3.8) is 0 Å². The maximum atomic E-state index is 8.34. The molecule has 3 nitrogen and oxygen atoms in total. The van der Waals surface area contributed by atoms with Crippen molar-refractivity contribution in [1.82, 2.24) is 0 Å². The van der Waals surface area contributed by atoms with Gasteiger partial charge in [0.2, 0.25) is 0 Å². The van der Waals surface area contributed by atoms with Crippen LogP contribution in [0.3, 0.4) is 0 Å². The molecule has 0 saturated heterocycles. The molecule has 9 heteroatoms. The fraction of sp³-hybridized carbons (Fsp3) is 0. The van der Waals surface area contributed by atoms with Gasteiger partial charge in [-0.2, -0.15) is 0 Å². The zero-order valence-corrected chi connectivity index (χ0v) is 10.3. The average Bonchev–Trinajstić information content (AvgIpc) is 1.88. The first-order valence-electron chi connectivity index (χ1n) is 2.87. The van der Waals surface area contributed by atoms with Crippen LogP contribution in [0, 0.1) is 0 Å². The van der Waals surface area contributed by atoms with Crippen molar-refractivity contribution in [2.45, 2.75) is 0 Å². The van der Waals surface area contributed by atoms with Crippen molar-refractivity contribution in [1.29, 1.82) is 0 Å². The van der Waals surface area contributed by atoms with E-state index in [1.54, 1.807) is 24.3 Å². The van der Waals surface area contributed by atoms with Gasteiger partial charge in [-0.15, -0.1) is 0 Å². The Balaban J connectivity index is -0.0000000125. The molecule has 0 saturated carbocycles. The standard InChI is InChI=1S/C6H7BO3.5Li.5H/c8-7(9)10-6-4-2-1-3-5-6;;;;;;;;;;/h1-5,8-9H;;;;;;;;;;/q;5*+1;5*-1. The van der Waals surface area contributed by atoms with Crippen molar-refractivity contribution in [2.75, 3.05) is 0 Å². The fourth-order valence-corrected chi connectivity index (χ4v) is 0.621. The van der Waals surface area contributed by atoms with Gasteiger partial charge in [0.25, 0.3) is 0 Å². The Bertz CT molecular complexity index is 217. The predicted octanol–water partition coefficient (Wildman–Crippen LogP) is -14.4. The molecule has 0 heterocycles. The molecule has 0 atom stereocenters. The zero-order valence-electron chi connectivity index (χ0n) is 15.3. The molecule has 0 radical (unpaired) electrons. The van der Waals surface area contributed by atoms with Crippen molar-refractivity contribution >= 4 is 7.32 Å². The van der Waals surface area contributed by atoms with Crippen LogP contribution in [0.5, 0.6) is 5.75 Å². The van der Waals surface area contributed by atoms with E-state index in [-0.39, 0.29) is 101 Å². The van der Waals surface area contributed by atoms with E-state index in [1.165, 1.54) is 0 Å². The van der Waals surface area contributed by atoms with Gasteiger partial charge < -0.3 is 21.8 Å². The maximum absolute atomic E-state index is 8.34. The van der Waals surface area contributed by atoms with Gasteiger partial charge in [-0.1, -0.05) is 18.2 Å². The third kappa shape index (κ3) is 16.0. The Morgan fingerprint density at radius 3 is 1.60 bits per heavy atom. The molecule has 1 rings (SSSR count). The molecule has 0 aliphatic rings. The molecule has 1 aromatic rings. The van der Waals surface area contributed by atoms with Crippen molar-refractivity contribution < 1.29 is 116 Å². The molecule has 15 heavy (non-hydrogen) atoms. The minimum absolute atomic E-state index is 0.